The lowest BCUT2D eigenvalue weighted by Gasteiger charge is -2.27. The molecule has 1 aromatic carbocycles. The van der Waals surface area contributed by atoms with Crippen LogP contribution in [-0.2, 0) is 19.1 Å². The van der Waals surface area contributed by atoms with Crippen LogP contribution in [-0.4, -0.2) is 42.9 Å². The van der Waals surface area contributed by atoms with E-state index in [1.165, 1.54) is 16.2 Å². The van der Waals surface area contributed by atoms with Crippen molar-refractivity contribution in [2.45, 2.75) is 25.8 Å². The SMILES string of the molecule is Cc1ccc(N2C(=O)C[C@@H](C(=O)OCC(=O)N(C)CCC#N)[C@H]2c2cccs2)cc1. The maximum atomic E-state index is 12.9. The number of thiophene rings is 1. The molecule has 1 saturated heterocycles. The molecule has 156 valence electrons. The normalized spacial score (nSPS) is 18.2. The number of carbonyl (C=O) groups excluding carboxylic acids is 3. The zero-order valence-corrected chi connectivity index (χ0v) is 17.7. The van der Waals surface area contributed by atoms with E-state index < -0.39 is 24.5 Å². The number of aryl methyl sites for hydroxylation is 1. The number of ether oxygens (including phenoxy) is 1. The summed E-state index contributed by atoms with van der Waals surface area (Å²) in [5.74, 6) is -1.81. The first-order valence-corrected chi connectivity index (χ1v) is 10.5. The molecular weight excluding hydrogens is 402 g/mol. The Balaban J connectivity index is 1.77. The number of likely N-dealkylation sites (N-methyl/N-ethyl adjacent to an activating group) is 1. The van der Waals surface area contributed by atoms with Gasteiger partial charge in [-0.2, -0.15) is 5.26 Å². The molecule has 1 aliphatic heterocycles. The second-order valence-corrected chi connectivity index (χ2v) is 8.18. The largest absolute Gasteiger partial charge is 0.455 e. The van der Waals surface area contributed by atoms with Gasteiger partial charge in [-0.3, -0.25) is 14.4 Å². The summed E-state index contributed by atoms with van der Waals surface area (Å²) in [7, 11) is 1.56. The molecule has 7 nitrogen and oxygen atoms in total. The lowest BCUT2D eigenvalue weighted by molar-refractivity contribution is -0.155. The van der Waals surface area contributed by atoms with Gasteiger partial charge in [0.05, 0.1) is 24.4 Å². The lowest BCUT2D eigenvalue weighted by Crippen LogP contribution is -2.34. The van der Waals surface area contributed by atoms with E-state index >= 15 is 0 Å². The van der Waals surface area contributed by atoms with Crippen molar-refractivity contribution in [3.8, 4) is 6.07 Å². The third kappa shape index (κ3) is 4.69. The third-order valence-electron chi connectivity index (χ3n) is 5.09. The summed E-state index contributed by atoms with van der Waals surface area (Å²) in [5, 5.41) is 10.5. The summed E-state index contributed by atoms with van der Waals surface area (Å²) in [6.45, 7) is 1.83. The second-order valence-electron chi connectivity index (χ2n) is 7.20. The molecule has 2 aromatic rings. The van der Waals surface area contributed by atoms with Gasteiger partial charge in [0.1, 0.15) is 0 Å². The number of hydrogen-bond donors (Lipinski definition) is 0. The maximum Gasteiger partial charge on any atom is 0.312 e. The molecule has 0 unspecified atom stereocenters. The molecular formula is C22H23N3O4S. The summed E-state index contributed by atoms with van der Waals surface area (Å²) in [6, 6.07) is 12.9. The van der Waals surface area contributed by atoms with Gasteiger partial charge < -0.3 is 14.5 Å². The summed E-state index contributed by atoms with van der Waals surface area (Å²) < 4.78 is 5.28. The van der Waals surface area contributed by atoms with E-state index in [1.54, 1.807) is 11.9 Å². The third-order valence-corrected chi connectivity index (χ3v) is 6.04. The molecule has 30 heavy (non-hydrogen) atoms. The monoisotopic (exact) mass is 425 g/mol. The fraction of sp³-hybridized carbons (Fsp3) is 0.364. The first kappa shape index (κ1) is 21.5. The summed E-state index contributed by atoms with van der Waals surface area (Å²) >= 11 is 1.48. The van der Waals surface area contributed by atoms with Gasteiger partial charge in [-0.05, 0) is 30.5 Å². The number of anilines is 1. The summed E-state index contributed by atoms with van der Waals surface area (Å²) in [6.07, 6.45) is 0.229. The highest BCUT2D eigenvalue weighted by molar-refractivity contribution is 7.10. The molecule has 1 aromatic heterocycles. The number of carbonyl (C=O) groups is 3. The van der Waals surface area contributed by atoms with Gasteiger partial charge in [0.15, 0.2) is 6.61 Å². The van der Waals surface area contributed by atoms with E-state index in [2.05, 4.69) is 0 Å². The van der Waals surface area contributed by atoms with Crippen molar-refractivity contribution in [2.75, 3.05) is 25.1 Å². The fourth-order valence-corrected chi connectivity index (χ4v) is 4.31. The van der Waals surface area contributed by atoms with Gasteiger partial charge >= 0.3 is 5.97 Å². The Morgan fingerprint density at radius 1 is 1.30 bits per heavy atom. The van der Waals surface area contributed by atoms with Gasteiger partial charge in [0.2, 0.25) is 5.91 Å². The van der Waals surface area contributed by atoms with Gasteiger partial charge in [-0.15, -0.1) is 11.3 Å². The molecule has 0 saturated carbocycles. The summed E-state index contributed by atoms with van der Waals surface area (Å²) in [5.41, 5.74) is 1.81. The molecule has 0 N–H and O–H groups in total. The highest BCUT2D eigenvalue weighted by Gasteiger charge is 2.46. The predicted octanol–water partition coefficient (Wildman–Crippen LogP) is 3.07. The highest BCUT2D eigenvalue weighted by atomic mass is 32.1. The Hall–Kier alpha value is -3.18. The van der Waals surface area contributed by atoms with E-state index in [0.29, 0.717) is 0 Å². The van der Waals surface area contributed by atoms with E-state index in [-0.39, 0.29) is 31.2 Å². The van der Waals surface area contributed by atoms with Crippen molar-refractivity contribution in [2.24, 2.45) is 5.92 Å². The minimum Gasteiger partial charge on any atom is -0.455 e. The van der Waals surface area contributed by atoms with Crippen LogP contribution in [0, 0.1) is 24.2 Å². The summed E-state index contributed by atoms with van der Waals surface area (Å²) in [4.78, 5) is 41.7. The van der Waals surface area contributed by atoms with Crippen LogP contribution in [0.5, 0.6) is 0 Å². The van der Waals surface area contributed by atoms with Crippen LogP contribution in [0.4, 0.5) is 5.69 Å². The van der Waals surface area contributed by atoms with Crippen LogP contribution in [0.25, 0.3) is 0 Å². The smallest absolute Gasteiger partial charge is 0.312 e. The van der Waals surface area contributed by atoms with Crippen molar-refractivity contribution in [3.63, 3.8) is 0 Å². The van der Waals surface area contributed by atoms with Crippen molar-refractivity contribution < 1.29 is 19.1 Å². The Kier molecular flexibility index (Phi) is 6.85. The highest BCUT2D eigenvalue weighted by Crippen LogP contribution is 2.43. The zero-order valence-electron chi connectivity index (χ0n) is 16.9. The lowest BCUT2D eigenvalue weighted by atomic mass is 9.99. The minimum absolute atomic E-state index is 0.0216. The number of nitrogens with zero attached hydrogens (tertiary/aromatic N) is 3. The van der Waals surface area contributed by atoms with Crippen LogP contribution < -0.4 is 4.90 Å². The first-order valence-electron chi connectivity index (χ1n) is 9.62. The molecule has 2 heterocycles. The molecule has 2 atom stereocenters. The van der Waals surface area contributed by atoms with Crippen LogP contribution in [0.2, 0.25) is 0 Å². The second kappa shape index (κ2) is 9.55. The Bertz CT molecular complexity index is 950. The molecule has 1 aliphatic rings. The van der Waals surface area contributed by atoms with Crippen molar-refractivity contribution in [3.05, 3.63) is 52.2 Å². The molecule has 0 bridgehead atoms. The Morgan fingerprint density at radius 3 is 2.67 bits per heavy atom. The van der Waals surface area contributed by atoms with Crippen LogP contribution in [0.3, 0.4) is 0 Å². The first-order chi connectivity index (χ1) is 14.4. The number of nitriles is 1. The topological polar surface area (TPSA) is 90.7 Å². The molecule has 0 radical (unpaired) electrons. The number of benzene rings is 1. The van der Waals surface area contributed by atoms with Crippen molar-refractivity contribution >= 4 is 34.8 Å². The van der Waals surface area contributed by atoms with Crippen LogP contribution in [0.1, 0.15) is 29.3 Å². The van der Waals surface area contributed by atoms with E-state index in [9.17, 15) is 14.4 Å². The van der Waals surface area contributed by atoms with Crippen molar-refractivity contribution in [1.82, 2.24) is 4.90 Å². The van der Waals surface area contributed by atoms with E-state index in [1.807, 2.05) is 54.8 Å². The molecule has 3 rings (SSSR count). The van der Waals surface area contributed by atoms with Gasteiger partial charge in [0, 0.05) is 30.6 Å². The Morgan fingerprint density at radius 2 is 2.03 bits per heavy atom. The average molecular weight is 426 g/mol. The molecule has 0 spiro atoms. The van der Waals surface area contributed by atoms with Gasteiger partial charge in [-0.25, -0.2) is 0 Å². The standard InChI is InChI=1S/C22H23N3O4S/c1-15-6-8-16(9-7-15)25-19(26)13-17(21(25)18-5-3-12-30-18)22(28)29-14-20(27)24(2)11-4-10-23/h3,5-9,12,17,21H,4,11,13-14H2,1-2H3/t17-,21+/m1/s1. The molecule has 0 aliphatic carbocycles. The predicted molar refractivity (Wildman–Crippen MR) is 113 cm³/mol. The molecule has 2 amide bonds. The molecule has 1 fully saturated rings. The van der Waals surface area contributed by atoms with E-state index in [4.69, 9.17) is 10.00 Å². The average Bonchev–Trinajstić information content (AvgIpc) is 3.38. The fourth-order valence-electron chi connectivity index (χ4n) is 3.43. The minimum atomic E-state index is -0.699. The van der Waals surface area contributed by atoms with Crippen molar-refractivity contribution in [1.29, 1.82) is 5.26 Å². The quantitative estimate of drug-likeness (QED) is 0.636. The number of esters is 1. The number of hydrogen-bond acceptors (Lipinski definition) is 6. The van der Waals surface area contributed by atoms with Gasteiger partial charge in [-0.1, -0.05) is 23.8 Å². The Labute approximate surface area is 179 Å². The van der Waals surface area contributed by atoms with Gasteiger partial charge in [0.25, 0.3) is 5.91 Å². The maximum absolute atomic E-state index is 12.9. The number of rotatable bonds is 7. The van der Waals surface area contributed by atoms with Crippen LogP contribution in [0.15, 0.2) is 41.8 Å². The molecule has 8 heteroatoms. The zero-order chi connectivity index (χ0) is 21.7. The van der Waals surface area contributed by atoms with Crippen LogP contribution >= 0.6 is 11.3 Å². The number of amides is 2. The van der Waals surface area contributed by atoms with E-state index in [0.717, 1.165) is 16.1 Å².